The lowest BCUT2D eigenvalue weighted by Crippen LogP contribution is -2.34. The van der Waals surface area contributed by atoms with Crippen LogP contribution in [0.2, 0.25) is 0 Å². The Morgan fingerprint density at radius 2 is 1.89 bits per heavy atom. The number of aromatic nitrogens is 3. The van der Waals surface area contributed by atoms with Gasteiger partial charge in [-0.25, -0.2) is 4.79 Å². The van der Waals surface area contributed by atoms with Crippen molar-refractivity contribution in [3.05, 3.63) is 80.6 Å². The number of aromatic amines is 2. The molecule has 0 bridgehead atoms. The topological polar surface area (TPSA) is 99.8 Å². The molecule has 0 aliphatic heterocycles. The van der Waals surface area contributed by atoms with Crippen LogP contribution in [0.1, 0.15) is 22.8 Å². The maximum atomic E-state index is 12.5. The molecule has 142 valence electrons. The molecule has 2 aromatic carbocycles. The van der Waals surface area contributed by atoms with Gasteiger partial charge in [0.05, 0.1) is 10.9 Å². The lowest BCUT2D eigenvalue weighted by molar-refractivity contribution is 0.0954. The second kappa shape index (κ2) is 7.19. The van der Waals surface area contributed by atoms with Gasteiger partial charge in [0, 0.05) is 35.8 Å². The molecule has 4 rings (SSSR count). The second-order valence-corrected chi connectivity index (χ2v) is 6.61. The van der Waals surface area contributed by atoms with E-state index in [4.69, 9.17) is 0 Å². The van der Waals surface area contributed by atoms with Crippen LogP contribution < -0.4 is 16.6 Å². The molecule has 4 aromatic rings. The number of nitrogens with zero attached hydrogens (tertiary/aromatic N) is 1. The standard InChI is InChI=1S/C21H20N4O3/c1-2-25-20(27)16-8-7-13(11-18(16)24-21(25)28)19(26)22-10-9-14-12-23-17-6-4-3-5-15(14)17/h3-8,11-12,23H,2,9-10H2,1H3,(H,22,26)(H,24,28). The van der Waals surface area contributed by atoms with Crippen LogP contribution in [0.4, 0.5) is 0 Å². The zero-order valence-electron chi connectivity index (χ0n) is 15.4. The van der Waals surface area contributed by atoms with Gasteiger partial charge in [-0.05, 0) is 43.2 Å². The Bertz CT molecular complexity index is 1300. The molecule has 1 amide bonds. The molecule has 0 unspecified atom stereocenters. The first-order valence-corrected chi connectivity index (χ1v) is 9.18. The van der Waals surface area contributed by atoms with E-state index >= 15 is 0 Å². The van der Waals surface area contributed by atoms with E-state index in [1.165, 1.54) is 0 Å². The highest BCUT2D eigenvalue weighted by molar-refractivity contribution is 5.97. The average Bonchev–Trinajstić information content (AvgIpc) is 3.11. The number of nitrogens with one attached hydrogen (secondary N) is 3. The Morgan fingerprint density at radius 1 is 1.07 bits per heavy atom. The van der Waals surface area contributed by atoms with Gasteiger partial charge in [0.25, 0.3) is 11.5 Å². The normalized spacial score (nSPS) is 11.2. The van der Waals surface area contributed by atoms with Crippen molar-refractivity contribution >= 4 is 27.7 Å². The summed E-state index contributed by atoms with van der Waals surface area (Å²) in [4.78, 5) is 42.7. The Hall–Kier alpha value is -3.61. The van der Waals surface area contributed by atoms with Crippen molar-refractivity contribution in [3.63, 3.8) is 0 Å². The summed E-state index contributed by atoms with van der Waals surface area (Å²) in [7, 11) is 0. The van der Waals surface area contributed by atoms with Crippen LogP contribution in [0.15, 0.2) is 58.3 Å². The largest absolute Gasteiger partial charge is 0.361 e. The van der Waals surface area contributed by atoms with Crippen molar-refractivity contribution in [2.75, 3.05) is 6.54 Å². The predicted molar refractivity (Wildman–Crippen MR) is 109 cm³/mol. The van der Waals surface area contributed by atoms with Gasteiger partial charge in [0.2, 0.25) is 0 Å². The number of carbonyl (C=O) groups is 1. The first-order chi connectivity index (χ1) is 13.6. The summed E-state index contributed by atoms with van der Waals surface area (Å²) in [6.07, 6.45) is 2.65. The zero-order chi connectivity index (χ0) is 19.7. The molecule has 0 aliphatic rings. The van der Waals surface area contributed by atoms with Gasteiger partial charge < -0.3 is 15.3 Å². The van der Waals surface area contributed by atoms with Crippen molar-refractivity contribution < 1.29 is 4.79 Å². The van der Waals surface area contributed by atoms with E-state index < -0.39 is 5.69 Å². The minimum atomic E-state index is -0.475. The van der Waals surface area contributed by atoms with Crippen LogP contribution in [-0.4, -0.2) is 27.0 Å². The highest BCUT2D eigenvalue weighted by Crippen LogP contribution is 2.17. The quantitative estimate of drug-likeness (QED) is 0.498. The molecular formula is C21H20N4O3. The number of H-pyrrole nitrogens is 2. The molecule has 0 radical (unpaired) electrons. The Kier molecular flexibility index (Phi) is 4.57. The highest BCUT2D eigenvalue weighted by atomic mass is 16.2. The molecule has 3 N–H and O–H groups in total. The molecule has 28 heavy (non-hydrogen) atoms. The van der Waals surface area contributed by atoms with Gasteiger partial charge in [0.15, 0.2) is 0 Å². The predicted octanol–water partition coefficient (Wildman–Crippen LogP) is 2.16. The van der Waals surface area contributed by atoms with E-state index in [0.29, 0.717) is 36.0 Å². The van der Waals surface area contributed by atoms with Crippen LogP contribution in [0, 0.1) is 0 Å². The van der Waals surface area contributed by atoms with E-state index in [0.717, 1.165) is 21.0 Å². The summed E-state index contributed by atoms with van der Waals surface area (Å²) >= 11 is 0. The lowest BCUT2D eigenvalue weighted by atomic mass is 10.1. The number of amides is 1. The molecule has 0 atom stereocenters. The van der Waals surface area contributed by atoms with Crippen molar-refractivity contribution in [2.24, 2.45) is 0 Å². The molecule has 2 aromatic heterocycles. The molecule has 0 aliphatic carbocycles. The number of rotatable bonds is 5. The number of para-hydroxylation sites is 1. The average molecular weight is 376 g/mol. The minimum absolute atomic E-state index is 0.248. The van der Waals surface area contributed by atoms with Gasteiger partial charge in [-0.2, -0.15) is 0 Å². The number of carbonyl (C=O) groups excluding carboxylic acids is 1. The van der Waals surface area contributed by atoms with Gasteiger partial charge in [-0.3, -0.25) is 14.2 Å². The molecule has 0 saturated heterocycles. The van der Waals surface area contributed by atoms with Crippen molar-refractivity contribution in [1.29, 1.82) is 0 Å². The fourth-order valence-electron chi connectivity index (χ4n) is 3.43. The number of hydrogen-bond donors (Lipinski definition) is 3. The molecule has 7 heteroatoms. The molecule has 0 spiro atoms. The number of benzene rings is 2. The highest BCUT2D eigenvalue weighted by Gasteiger charge is 2.11. The molecule has 2 heterocycles. The summed E-state index contributed by atoms with van der Waals surface area (Å²) in [5.74, 6) is -0.248. The van der Waals surface area contributed by atoms with Crippen LogP contribution in [0.3, 0.4) is 0 Å². The zero-order valence-corrected chi connectivity index (χ0v) is 15.4. The van der Waals surface area contributed by atoms with Crippen LogP contribution in [-0.2, 0) is 13.0 Å². The lowest BCUT2D eigenvalue weighted by Gasteiger charge is -2.07. The Labute approximate surface area is 160 Å². The smallest absolute Gasteiger partial charge is 0.328 e. The van der Waals surface area contributed by atoms with Gasteiger partial charge >= 0.3 is 5.69 Å². The summed E-state index contributed by atoms with van der Waals surface area (Å²) in [6, 6.07) is 12.7. The molecule has 0 fully saturated rings. The van der Waals surface area contributed by atoms with Gasteiger partial charge in [-0.15, -0.1) is 0 Å². The van der Waals surface area contributed by atoms with Crippen LogP contribution in [0.25, 0.3) is 21.8 Å². The molecule has 0 saturated carbocycles. The van der Waals surface area contributed by atoms with E-state index in [1.807, 2.05) is 30.5 Å². The first kappa shape index (κ1) is 17.8. The molecule has 7 nitrogen and oxygen atoms in total. The van der Waals surface area contributed by atoms with E-state index in [9.17, 15) is 14.4 Å². The minimum Gasteiger partial charge on any atom is -0.361 e. The third-order valence-corrected chi connectivity index (χ3v) is 4.92. The van der Waals surface area contributed by atoms with Gasteiger partial charge in [0.1, 0.15) is 0 Å². The van der Waals surface area contributed by atoms with Gasteiger partial charge in [-0.1, -0.05) is 18.2 Å². The SMILES string of the molecule is CCn1c(=O)[nH]c2cc(C(=O)NCCc3c[nH]c4ccccc34)ccc2c1=O. The van der Waals surface area contributed by atoms with E-state index in [-0.39, 0.29) is 11.5 Å². The van der Waals surface area contributed by atoms with Crippen molar-refractivity contribution in [1.82, 2.24) is 19.9 Å². The van der Waals surface area contributed by atoms with Crippen LogP contribution in [0.5, 0.6) is 0 Å². The maximum absolute atomic E-state index is 12.5. The summed E-state index contributed by atoms with van der Waals surface area (Å²) in [6.45, 7) is 2.50. The summed E-state index contributed by atoms with van der Waals surface area (Å²) in [5, 5.41) is 4.42. The monoisotopic (exact) mass is 376 g/mol. The second-order valence-electron chi connectivity index (χ2n) is 6.61. The summed E-state index contributed by atoms with van der Waals surface area (Å²) in [5.41, 5.74) is 2.14. The molecular weight excluding hydrogens is 356 g/mol. The Balaban J connectivity index is 1.51. The van der Waals surface area contributed by atoms with Crippen LogP contribution >= 0.6 is 0 Å². The maximum Gasteiger partial charge on any atom is 0.328 e. The third kappa shape index (κ3) is 3.11. The first-order valence-electron chi connectivity index (χ1n) is 9.18. The van der Waals surface area contributed by atoms with E-state index in [1.54, 1.807) is 25.1 Å². The number of fused-ring (bicyclic) bond motifs is 2. The third-order valence-electron chi connectivity index (χ3n) is 4.92. The fourth-order valence-corrected chi connectivity index (χ4v) is 3.43. The fraction of sp³-hybridized carbons (Fsp3) is 0.190. The van der Waals surface area contributed by atoms with E-state index in [2.05, 4.69) is 15.3 Å². The number of hydrogen-bond acceptors (Lipinski definition) is 3. The van der Waals surface area contributed by atoms with Crippen molar-refractivity contribution in [2.45, 2.75) is 19.9 Å². The summed E-state index contributed by atoms with van der Waals surface area (Å²) < 4.78 is 1.13. The van der Waals surface area contributed by atoms with Crippen molar-refractivity contribution in [3.8, 4) is 0 Å². The Morgan fingerprint density at radius 3 is 2.71 bits per heavy atom.